The fourth-order valence-corrected chi connectivity index (χ4v) is 5.42. The van der Waals surface area contributed by atoms with Crippen molar-refractivity contribution in [2.75, 3.05) is 0 Å². The topological polar surface area (TPSA) is 20.2 Å². The molecule has 6 rings (SSSR count). The Hall–Kier alpha value is -4.36. The molecule has 6 aromatic rings. The Morgan fingerprint density at radius 3 is 1.40 bits per heavy atom. The van der Waals surface area contributed by atoms with Crippen molar-refractivity contribution >= 4 is 21.5 Å². The van der Waals surface area contributed by atoms with Gasteiger partial charge in [0.15, 0.2) is 0 Å². The van der Waals surface area contributed by atoms with Crippen molar-refractivity contribution in [3.05, 3.63) is 162 Å². The van der Waals surface area contributed by atoms with Crippen LogP contribution in [0, 0.1) is 0 Å². The Bertz CT molecular complexity index is 1510. The quantitative estimate of drug-likeness (QED) is 0.207. The average Bonchev–Trinajstić information content (AvgIpc) is 2.92. The molecule has 0 aromatic heterocycles. The number of hydrogen-bond acceptors (Lipinski definition) is 1. The van der Waals surface area contributed by atoms with Crippen LogP contribution in [0.3, 0.4) is 0 Å². The fraction of sp³-hybridized carbons (Fsp3) is 0.0588. The number of phenolic OH excluding ortho intramolecular Hbond substituents is 1. The van der Waals surface area contributed by atoms with Crippen LogP contribution < -0.4 is 0 Å². The summed E-state index contributed by atoms with van der Waals surface area (Å²) in [7, 11) is 0. The Morgan fingerprint density at radius 2 is 0.886 bits per heavy atom. The largest absolute Gasteiger partial charge is 0.508 e. The van der Waals surface area contributed by atoms with E-state index in [-0.39, 0.29) is 5.41 Å². The van der Waals surface area contributed by atoms with E-state index in [1.807, 2.05) is 12.1 Å². The number of phenols is 1. The van der Waals surface area contributed by atoms with E-state index in [0.29, 0.717) is 5.75 Å². The van der Waals surface area contributed by atoms with Gasteiger partial charge in [-0.2, -0.15) is 0 Å². The van der Waals surface area contributed by atoms with Gasteiger partial charge in [-0.15, -0.1) is 0 Å². The molecule has 0 spiro atoms. The van der Waals surface area contributed by atoms with E-state index in [2.05, 4.69) is 121 Å². The Kier molecular flexibility index (Phi) is 5.31. The van der Waals surface area contributed by atoms with Gasteiger partial charge in [0.05, 0.1) is 0 Å². The van der Waals surface area contributed by atoms with E-state index >= 15 is 0 Å². The highest BCUT2D eigenvalue weighted by atomic mass is 16.3. The van der Waals surface area contributed by atoms with E-state index < -0.39 is 0 Å². The molecule has 0 amide bonds. The third-order valence-electron chi connectivity index (χ3n) is 7.11. The molecule has 0 heterocycles. The molecule has 0 radical (unpaired) electrons. The molecule has 1 heteroatoms. The molecular weight excluding hydrogens is 424 g/mol. The van der Waals surface area contributed by atoms with Gasteiger partial charge < -0.3 is 5.11 Å². The van der Waals surface area contributed by atoms with Crippen molar-refractivity contribution in [1.29, 1.82) is 0 Å². The monoisotopic (exact) mass is 450 g/mol. The summed E-state index contributed by atoms with van der Waals surface area (Å²) in [5.74, 6) is 0.298. The van der Waals surface area contributed by atoms with Crippen LogP contribution >= 0.6 is 0 Å². The molecule has 6 aromatic carbocycles. The first-order valence-electron chi connectivity index (χ1n) is 12.0. The highest BCUT2D eigenvalue weighted by Gasteiger charge is 2.36. The molecule has 0 saturated heterocycles. The fourth-order valence-electron chi connectivity index (χ4n) is 5.42. The number of aromatic hydroxyl groups is 1. The lowest BCUT2D eigenvalue weighted by atomic mass is 9.66. The molecule has 0 unspecified atom stereocenters. The Morgan fingerprint density at radius 1 is 0.429 bits per heavy atom. The van der Waals surface area contributed by atoms with E-state index in [9.17, 15) is 5.11 Å². The molecule has 35 heavy (non-hydrogen) atoms. The van der Waals surface area contributed by atoms with Gasteiger partial charge in [0.1, 0.15) is 5.75 Å². The third-order valence-corrected chi connectivity index (χ3v) is 7.11. The molecular formula is C34H26O. The predicted octanol–water partition coefficient (Wildman–Crippen LogP) is 8.28. The van der Waals surface area contributed by atoms with E-state index in [1.54, 1.807) is 6.07 Å². The number of fused-ring (bicyclic) bond motifs is 2. The summed E-state index contributed by atoms with van der Waals surface area (Å²) in [6, 6.07) is 49.3. The van der Waals surface area contributed by atoms with Crippen molar-refractivity contribution in [3.63, 3.8) is 0 Å². The first kappa shape index (κ1) is 21.2. The SMILES string of the molecule is Oc1ccc2cc3cc(CC(c4ccccc4)(c4ccccc4)c4ccccc4)ccc3cc2c1. The van der Waals surface area contributed by atoms with Crippen LogP contribution in [0.1, 0.15) is 22.3 Å². The summed E-state index contributed by atoms with van der Waals surface area (Å²) >= 11 is 0. The van der Waals surface area contributed by atoms with Crippen LogP contribution in [0.5, 0.6) is 5.75 Å². The van der Waals surface area contributed by atoms with Gasteiger partial charge >= 0.3 is 0 Å². The molecule has 0 aliphatic rings. The minimum atomic E-state index is -0.319. The van der Waals surface area contributed by atoms with Gasteiger partial charge in [-0.1, -0.05) is 115 Å². The lowest BCUT2D eigenvalue weighted by molar-refractivity contribution is 0.476. The lowest BCUT2D eigenvalue weighted by Gasteiger charge is -2.36. The summed E-state index contributed by atoms with van der Waals surface area (Å²) in [6.45, 7) is 0. The highest BCUT2D eigenvalue weighted by Crippen LogP contribution is 2.42. The van der Waals surface area contributed by atoms with Crippen molar-refractivity contribution in [3.8, 4) is 5.75 Å². The second-order valence-electron chi connectivity index (χ2n) is 9.25. The smallest absolute Gasteiger partial charge is 0.116 e. The molecule has 0 saturated carbocycles. The zero-order chi connectivity index (χ0) is 23.7. The zero-order valence-electron chi connectivity index (χ0n) is 19.4. The summed E-state index contributed by atoms with van der Waals surface area (Å²) < 4.78 is 0. The maximum atomic E-state index is 9.90. The van der Waals surface area contributed by atoms with Crippen LogP contribution in [0.25, 0.3) is 21.5 Å². The lowest BCUT2D eigenvalue weighted by Crippen LogP contribution is -2.32. The van der Waals surface area contributed by atoms with Crippen molar-refractivity contribution < 1.29 is 5.11 Å². The van der Waals surface area contributed by atoms with Crippen LogP contribution in [-0.2, 0) is 11.8 Å². The normalized spacial score (nSPS) is 11.7. The van der Waals surface area contributed by atoms with Gasteiger partial charge in [0.25, 0.3) is 0 Å². The molecule has 0 fully saturated rings. The van der Waals surface area contributed by atoms with Crippen LogP contribution in [0.15, 0.2) is 140 Å². The second kappa shape index (κ2) is 8.77. The molecule has 0 bridgehead atoms. The standard InChI is InChI=1S/C34H26O/c35-33-19-18-27-21-28-20-25(16-17-26(28)22-29(27)23-33)24-34(30-10-4-1-5-11-30,31-12-6-2-7-13-31)32-14-8-3-9-15-32/h1-23,35H,24H2. The summed E-state index contributed by atoms with van der Waals surface area (Å²) in [4.78, 5) is 0. The van der Waals surface area contributed by atoms with Crippen LogP contribution in [0.4, 0.5) is 0 Å². The van der Waals surface area contributed by atoms with Gasteiger partial charge in [-0.05, 0) is 74.5 Å². The number of rotatable bonds is 5. The Labute approximate surface area is 205 Å². The zero-order valence-corrected chi connectivity index (χ0v) is 19.4. The highest BCUT2D eigenvalue weighted by molar-refractivity contribution is 5.98. The van der Waals surface area contributed by atoms with E-state index in [4.69, 9.17) is 0 Å². The minimum absolute atomic E-state index is 0.298. The second-order valence-corrected chi connectivity index (χ2v) is 9.25. The first-order chi connectivity index (χ1) is 17.2. The predicted molar refractivity (Wildman–Crippen MR) is 146 cm³/mol. The third kappa shape index (κ3) is 3.86. The van der Waals surface area contributed by atoms with Crippen LogP contribution in [-0.4, -0.2) is 5.11 Å². The first-order valence-corrected chi connectivity index (χ1v) is 12.0. The van der Waals surface area contributed by atoms with Crippen molar-refractivity contribution in [1.82, 2.24) is 0 Å². The van der Waals surface area contributed by atoms with Gasteiger partial charge in [0.2, 0.25) is 0 Å². The molecule has 1 nitrogen and oxygen atoms in total. The summed E-state index contributed by atoms with van der Waals surface area (Å²) in [6.07, 6.45) is 0.842. The number of hydrogen-bond donors (Lipinski definition) is 1. The maximum Gasteiger partial charge on any atom is 0.116 e. The van der Waals surface area contributed by atoms with Gasteiger partial charge in [-0.25, -0.2) is 0 Å². The van der Waals surface area contributed by atoms with Crippen molar-refractivity contribution in [2.45, 2.75) is 11.8 Å². The van der Waals surface area contributed by atoms with E-state index in [1.165, 1.54) is 33.0 Å². The summed E-state index contributed by atoms with van der Waals surface area (Å²) in [5, 5.41) is 14.5. The average molecular weight is 451 g/mol. The summed E-state index contributed by atoms with van der Waals surface area (Å²) in [5.41, 5.74) is 4.82. The molecule has 0 atom stereocenters. The Balaban J connectivity index is 1.56. The minimum Gasteiger partial charge on any atom is -0.508 e. The van der Waals surface area contributed by atoms with Gasteiger partial charge in [0, 0.05) is 5.41 Å². The number of benzene rings is 6. The molecule has 0 aliphatic heterocycles. The van der Waals surface area contributed by atoms with Crippen molar-refractivity contribution in [2.24, 2.45) is 0 Å². The van der Waals surface area contributed by atoms with E-state index in [0.717, 1.165) is 17.2 Å². The van der Waals surface area contributed by atoms with Gasteiger partial charge in [-0.3, -0.25) is 0 Å². The molecule has 0 aliphatic carbocycles. The maximum absolute atomic E-state index is 9.90. The molecule has 168 valence electrons. The van der Waals surface area contributed by atoms with Crippen LogP contribution in [0.2, 0.25) is 0 Å². The molecule has 1 N–H and O–H groups in total.